The first-order valence-corrected chi connectivity index (χ1v) is 8.05. The molecule has 110 valence electrons. The standard InChI is InChI=1S/C16H19N3OS/c1-12-13(11-17-18(12)2)7-8-16(20)19-9-3-5-14(19)15-6-4-10-21-15/h4,6-8,10-11,14H,3,5,9H2,1-2H3/b8-7+. The van der Waals surface area contributed by atoms with Crippen molar-refractivity contribution < 1.29 is 4.79 Å². The monoisotopic (exact) mass is 301 g/mol. The van der Waals surface area contributed by atoms with Gasteiger partial charge in [0.2, 0.25) is 5.91 Å². The molecule has 1 unspecified atom stereocenters. The molecule has 21 heavy (non-hydrogen) atoms. The van der Waals surface area contributed by atoms with Crippen molar-refractivity contribution in [1.29, 1.82) is 0 Å². The van der Waals surface area contributed by atoms with Crippen LogP contribution in [0.2, 0.25) is 0 Å². The van der Waals surface area contributed by atoms with E-state index in [4.69, 9.17) is 0 Å². The highest BCUT2D eigenvalue weighted by atomic mass is 32.1. The summed E-state index contributed by atoms with van der Waals surface area (Å²) in [5.74, 6) is 0.0918. The molecule has 3 heterocycles. The van der Waals surface area contributed by atoms with Gasteiger partial charge in [-0.15, -0.1) is 11.3 Å². The zero-order valence-electron chi connectivity index (χ0n) is 12.3. The highest BCUT2D eigenvalue weighted by Gasteiger charge is 2.29. The van der Waals surface area contributed by atoms with E-state index in [1.165, 1.54) is 4.88 Å². The minimum absolute atomic E-state index is 0.0918. The van der Waals surface area contributed by atoms with Crippen LogP contribution in [-0.4, -0.2) is 27.1 Å². The molecule has 5 heteroatoms. The molecule has 1 amide bonds. The Kier molecular flexibility index (Phi) is 3.92. The third kappa shape index (κ3) is 2.78. The lowest BCUT2D eigenvalue weighted by molar-refractivity contribution is -0.126. The Labute approximate surface area is 128 Å². The summed E-state index contributed by atoms with van der Waals surface area (Å²) >= 11 is 1.73. The second-order valence-corrected chi connectivity index (χ2v) is 6.33. The average Bonchev–Trinajstić information content (AvgIpc) is 3.19. The molecule has 0 spiro atoms. The summed E-state index contributed by atoms with van der Waals surface area (Å²) in [6.07, 6.45) is 7.48. The van der Waals surface area contributed by atoms with Crippen LogP contribution in [0, 0.1) is 6.92 Å². The summed E-state index contributed by atoms with van der Waals surface area (Å²) < 4.78 is 1.81. The van der Waals surface area contributed by atoms with Gasteiger partial charge in [-0.1, -0.05) is 6.07 Å². The Bertz CT molecular complexity index is 657. The largest absolute Gasteiger partial charge is 0.331 e. The predicted molar refractivity (Wildman–Crippen MR) is 85.0 cm³/mol. The fourth-order valence-electron chi connectivity index (χ4n) is 2.74. The molecule has 1 aliphatic heterocycles. The summed E-state index contributed by atoms with van der Waals surface area (Å²) in [5, 5.41) is 6.26. The highest BCUT2D eigenvalue weighted by molar-refractivity contribution is 7.10. The van der Waals surface area contributed by atoms with E-state index in [1.54, 1.807) is 23.6 Å². The molecule has 0 radical (unpaired) electrons. The normalized spacial score (nSPS) is 18.8. The van der Waals surface area contributed by atoms with Gasteiger partial charge in [-0.25, -0.2) is 0 Å². The van der Waals surface area contributed by atoms with E-state index < -0.39 is 0 Å². The number of likely N-dealkylation sites (tertiary alicyclic amines) is 1. The molecular formula is C16H19N3OS. The first kappa shape index (κ1) is 14.1. The van der Waals surface area contributed by atoms with Crippen LogP contribution in [0.1, 0.15) is 35.0 Å². The second-order valence-electron chi connectivity index (χ2n) is 5.35. The van der Waals surface area contributed by atoms with Crippen molar-refractivity contribution >= 4 is 23.3 Å². The van der Waals surface area contributed by atoms with Gasteiger partial charge in [0.05, 0.1) is 12.2 Å². The first-order valence-electron chi connectivity index (χ1n) is 7.17. The molecule has 4 nitrogen and oxygen atoms in total. The van der Waals surface area contributed by atoms with Crippen molar-refractivity contribution in [3.63, 3.8) is 0 Å². The fraction of sp³-hybridized carbons (Fsp3) is 0.375. The van der Waals surface area contributed by atoms with Crippen LogP contribution in [0.25, 0.3) is 6.08 Å². The maximum absolute atomic E-state index is 12.5. The molecule has 0 bridgehead atoms. The lowest BCUT2D eigenvalue weighted by atomic mass is 10.2. The van der Waals surface area contributed by atoms with Gasteiger partial charge in [0.25, 0.3) is 0 Å². The molecule has 1 aliphatic rings. The van der Waals surface area contributed by atoms with Crippen molar-refractivity contribution in [2.75, 3.05) is 6.54 Å². The molecule has 2 aromatic rings. The van der Waals surface area contributed by atoms with Crippen LogP contribution in [-0.2, 0) is 11.8 Å². The van der Waals surface area contributed by atoms with E-state index in [1.807, 2.05) is 29.6 Å². The SMILES string of the molecule is Cc1c(/C=C/C(=O)N2CCCC2c2cccs2)cnn1C. The summed E-state index contributed by atoms with van der Waals surface area (Å²) in [7, 11) is 1.90. The summed E-state index contributed by atoms with van der Waals surface area (Å²) in [5.41, 5.74) is 2.06. The van der Waals surface area contributed by atoms with Gasteiger partial charge >= 0.3 is 0 Å². The van der Waals surface area contributed by atoms with Crippen LogP contribution < -0.4 is 0 Å². The number of aromatic nitrogens is 2. The number of rotatable bonds is 3. The first-order chi connectivity index (χ1) is 10.2. The van der Waals surface area contributed by atoms with E-state index in [9.17, 15) is 4.79 Å². The lowest BCUT2D eigenvalue weighted by Crippen LogP contribution is -2.28. The van der Waals surface area contributed by atoms with Gasteiger partial charge < -0.3 is 4.90 Å². The molecule has 0 saturated carbocycles. The highest BCUT2D eigenvalue weighted by Crippen LogP contribution is 2.34. The second kappa shape index (κ2) is 5.85. The van der Waals surface area contributed by atoms with Gasteiger partial charge in [0, 0.05) is 35.8 Å². The molecule has 1 fully saturated rings. The van der Waals surface area contributed by atoms with E-state index in [-0.39, 0.29) is 11.9 Å². The summed E-state index contributed by atoms with van der Waals surface area (Å²) in [4.78, 5) is 15.7. The van der Waals surface area contributed by atoms with Crippen LogP contribution in [0.4, 0.5) is 0 Å². The Morgan fingerprint density at radius 2 is 2.38 bits per heavy atom. The molecular weight excluding hydrogens is 282 g/mol. The molecule has 2 aromatic heterocycles. The molecule has 1 atom stereocenters. The van der Waals surface area contributed by atoms with Crippen LogP contribution >= 0.6 is 11.3 Å². The minimum Gasteiger partial charge on any atom is -0.331 e. The number of hydrogen-bond donors (Lipinski definition) is 0. The van der Waals surface area contributed by atoms with E-state index in [0.29, 0.717) is 0 Å². The van der Waals surface area contributed by atoms with Gasteiger partial charge in [-0.2, -0.15) is 5.10 Å². The molecule has 3 rings (SSSR count). The van der Waals surface area contributed by atoms with Gasteiger partial charge in [0.1, 0.15) is 0 Å². The zero-order valence-corrected chi connectivity index (χ0v) is 13.1. The Morgan fingerprint density at radius 3 is 3.05 bits per heavy atom. The topological polar surface area (TPSA) is 38.1 Å². The zero-order chi connectivity index (χ0) is 14.8. The Balaban J connectivity index is 1.74. The van der Waals surface area contributed by atoms with Crippen molar-refractivity contribution in [3.8, 4) is 0 Å². The van der Waals surface area contributed by atoms with E-state index in [2.05, 4.69) is 22.6 Å². The van der Waals surface area contributed by atoms with Crippen LogP contribution in [0.5, 0.6) is 0 Å². The van der Waals surface area contributed by atoms with Crippen LogP contribution in [0.15, 0.2) is 29.8 Å². The number of carbonyl (C=O) groups is 1. The molecule has 0 aromatic carbocycles. The predicted octanol–water partition coefficient (Wildman–Crippen LogP) is 3.17. The number of thiophene rings is 1. The van der Waals surface area contributed by atoms with E-state index >= 15 is 0 Å². The number of carbonyl (C=O) groups excluding carboxylic acids is 1. The van der Waals surface area contributed by atoms with Crippen LogP contribution in [0.3, 0.4) is 0 Å². The van der Waals surface area contributed by atoms with Crippen molar-refractivity contribution in [2.24, 2.45) is 7.05 Å². The summed E-state index contributed by atoms with van der Waals surface area (Å²) in [6.45, 7) is 2.85. The molecule has 0 N–H and O–H groups in total. The Hall–Kier alpha value is -1.88. The maximum Gasteiger partial charge on any atom is 0.247 e. The number of hydrogen-bond acceptors (Lipinski definition) is 3. The minimum atomic E-state index is 0.0918. The van der Waals surface area contributed by atoms with Crippen molar-refractivity contribution in [2.45, 2.75) is 25.8 Å². The van der Waals surface area contributed by atoms with Gasteiger partial charge in [0.15, 0.2) is 0 Å². The summed E-state index contributed by atoms with van der Waals surface area (Å²) in [6, 6.07) is 4.42. The van der Waals surface area contributed by atoms with Gasteiger partial charge in [-0.05, 0) is 37.3 Å². The maximum atomic E-state index is 12.5. The number of aryl methyl sites for hydroxylation is 1. The van der Waals surface area contributed by atoms with Crippen molar-refractivity contribution in [1.82, 2.24) is 14.7 Å². The fourth-order valence-corrected chi connectivity index (χ4v) is 3.62. The quantitative estimate of drug-likeness (QED) is 0.817. The smallest absolute Gasteiger partial charge is 0.247 e. The number of nitrogens with zero attached hydrogens (tertiary/aromatic N) is 3. The third-order valence-corrected chi connectivity index (χ3v) is 5.06. The van der Waals surface area contributed by atoms with Crippen molar-refractivity contribution in [3.05, 3.63) is 45.9 Å². The third-order valence-electron chi connectivity index (χ3n) is 4.09. The molecule has 1 saturated heterocycles. The lowest BCUT2D eigenvalue weighted by Gasteiger charge is -2.22. The van der Waals surface area contributed by atoms with Gasteiger partial charge in [-0.3, -0.25) is 9.48 Å². The van der Waals surface area contributed by atoms with E-state index in [0.717, 1.165) is 30.6 Å². The Morgan fingerprint density at radius 1 is 1.52 bits per heavy atom. The molecule has 0 aliphatic carbocycles. The number of amides is 1. The average molecular weight is 301 g/mol.